The highest BCUT2D eigenvalue weighted by atomic mass is 16.5. The molecule has 0 bridgehead atoms. The van der Waals surface area contributed by atoms with Crippen LogP contribution in [0, 0.1) is 31.6 Å². The first-order chi connectivity index (χ1) is 15.4. The standard InChI is InChI=1S/C25H32N2O5/c1-14-6-4-8-17(12-14)24-27-21(15(2)32-24)22(31-3)16-7-5-9-18(13-16)26-23(28)19-10-11-20(19)25(29)30/h4,6,8,12,16,18-20,22H,5,7,9-11,13H2,1-3H3,(H,26,28)(H,29,30). The third kappa shape index (κ3) is 4.58. The van der Waals surface area contributed by atoms with Gasteiger partial charge < -0.3 is 19.6 Å². The predicted molar refractivity (Wildman–Crippen MR) is 119 cm³/mol. The van der Waals surface area contributed by atoms with E-state index in [4.69, 9.17) is 14.1 Å². The molecule has 1 aromatic heterocycles. The fraction of sp³-hybridized carbons (Fsp3) is 0.560. The Labute approximate surface area is 188 Å². The monoisotopic (exact) mass is 440 g/mol. The van der Waals surface area contributed by atoms with E-state index in [1.165, 1.54) is 0 Å². The number of methoxy groups -OCH3 is 1. The Morgan fingerprint density at radius 3 is 2.62 bits per heavy atom. The Balaban J connectivity index is 1.45. The average Bonchev–Trinajstić information content (AvgIpc) is 3.09. The van der Waals surface area contributed by atoms with Gasteiger partial charge in [0, 0.05) is 18.7 Å². The molecule has 172 valence electrons. The molecule has 0 aliphatic heterocycles. The molecule has 7 nitrogen and oxygen atoms in total. The van der Waals surface area contributed by atoms with Crippen LogP contribution in [0.15, 0.2) is 28.7 Å². The molecule has 0 saturated heterocycles. The van der Waals surface area contributed by atoms with E-state index in [1.807, 2.05) is 38.1 Å². The van der Waals surface area contributed by atoms with E-state index in [2.05, 4.69) is 5.32 Å². The molecular weight excluding hydrogens is 408 g/mol. The van der Waals surface area contributed by atoms with Gasteiger partial charge in [-0.2, -0.15) is 0 Å². The number of carbonyl (C=O) groups excluding carboxylic acids is 1. The van der Waals surface area contributed by atoms with Gasteiger partial charge in [0.25, 0.3) is 0 Å². The molecule has 4 rings (SSSR count). The number of carboxylic acids is 1. The minimum atomic E-state index is -0.872. The van der Waals surface area contributed by atoms with Crippen LogP contribution in [0.5, 0.6) is 0 Å². The van der Waals surface area contributed by atoms with Crippen LogP contribution in [-0.2, 0) is 14.3 Å². The number of oxazole rings is 1. The van der Waals surface area contributed by atoms with Crippen molar-refractivity contribution in [3.05, 3.63) is 41.3 Å². The molecule has 5 unspecified atom stereocenters. The molecule has 1 aromatic carbocycles. The van der Waals surface area contributed by atoms with Gasteiger partial charge in [0.15, 0.2) is 0 Å². The number of nitrogens with zero attached hydrogens (tertiary/aromatic N) is 1. The van der Waals surface area contributed by atoms with E-state index in [0.29, 0.717) is 18.7 Å². The summed E-state index contributed by atoms with van der Waals surface area (Å²) in [5.41, 5.74) is 2.90. The first-order valence-electron chi connectivity index (χ1n) is 11.5. The Kier molecular flexibility index (Phi) is 6.65. The van der Waals surface area contributed by atoms with Gasteiger partial charge in [-0.05, 0) is 64.0 Å². The van der Waals surface area contributed by atoms with Gasteiger partial charge in [0.1, 0.15) is 17.6 Å². The van der Waals surface area contributed by atoms with Crippen molar-refractivity contribution in [3.8, 4) is 11.5 Å². The lowest BCUT2D eigenvalue weighted by Crippen LogP contribution is -2.48. The van der Waals surface area contributed by atoms with Crippen molar-refractivity contribution in [1.82, 2.24) is 10.3 Å². The number of hydrogen-bond acceptors (Lipinski definition) is 5. The third-order valence-corrected chi connectivity index (χ3v) is 7.04. The van der Waals surface area contributed by atoms with Gasteiger partial charge in [0.05, 0.1) is 11.8 Å². The highest BCUT2D eigenvalue weighted by Gasteiger charge is 2.42. The van der Waals surface area contributed by atoms with Crippen molar-refractivity contribution in [2.45, 2.75) is 64.5 Å². The Bertz CT molecular complexity index is 984. The number of carbonyl (C=O) groups is 2. The van der Waals surface area contributed by atoms with Crippen molar-refractivity contribution < 1.29 is 23.8 Å². The van der Waals surface area contributed by atoms with Crippen molar-refractivity contribution in [2.24, 2.45) is 17.8 Å². The summed E-state index contributed by atoms with van der Waals surface area (Å²) in [5.74, 6) is -0.401. The highest BCUT2D eigenvalue weighted by Crippen LogP contribution is 2.40. The molecule has 0 radical (unpaired) electrons. The first kappa shape index (κ1) is 22.5. The lowest BCUT2D eigenvalue weighted by molar-refractivity contribution is -0.153. The number of ether oxygens (including phenoxy) is 1. The second-order valence-corrected chi connectivity index (χ2v) is 9.25. The molecule has 1 amide bonds. The number of benzene rings is 1. The van der Waals surface area contributed by atoms with Crippen LogP contribution in [-0.4, -0.2) is 35.1 Å². The van der Waals surface area contributed by atoms with Gasteiger partial charge in [0.2, 0.25) is 11.8 Å². The summed E-state index contributed by atoms with van der Waals surface area (Å²) >= 11 is 0. The van der Waals surface area contributed by atoms with Crippen molar-refractivity contribution in [2.75, 3.05) is 7.11 Å². The molecule has 0 spiro atoms. The number of aryl methyl sites for hydroxylation is 2. The molecule has 2 N–H and O–H groups in total. The zero-order valence-electron chi connectivity index (χ0n) is 19.0. The van der Waals surface area contributed by atoms with Gasteiger partial charge in [-0.15, -0.1) is 0 Å². The number of amides is 1. The quantitative estimate of drug-likeness (QED) is 0.660. The molecule has 2 aromatic rings. The molecule has 5 atom stereocenters. The van der Waals surface area contributed by atoms with Gasteiger partial charge in [-0.1, -0.05) is 24.1 Å². The molecule has 7 heteroatoms. The van der Waals surface area contributed by atoms with Crippen LogP contribution in [0.4, 0.5) is 0 Å². The minimum Gasteiger partial charge on any atom is -0.481 e. The van der Waals surface area contributed by atoms with Gasteiger partial charge >= 0.3 is 5.97 Å². The number of hydrogen-bond donors (Lipinski definition) is 2. The molecule has 2 saturated carbocycles. The molecule has 1 heterocycles. The van der Waals surface area contributed by atoms with E-state index < -0.39 is 17.8 Å². The van der Waals surface area contributed by atoms with Crippen molar-refractivity contribution >= 4 is 11.9 Å². The Morgan fingerprint density at radius 1 is 1.19 bits per heavy atom. The zero-order valence-corrected chi connectivity index (χ0v) is 19.0. The number of carboxylic acid groups (broad SMARTS) is 1. The largest absolute Gasteiger partial charge is 0.481 e. The lowest BCUT2D eigenvalue weighted by Gasteiger charge is -2.37. The van der Waals surface area contributed by atoms with Gasteiger partial charge in [-0.25, -0.2) is 4.98 Å². The Morgan fingerprint density at radius 2 is 1.97 bits per heavy atom. The lowest BCUT2D eigenvalue weighted by atomic mass is 9.72. The predicted octanol–water partition coefficient (Wildman–Crippen LogP) is 4.43. The van der Waals surface area contributed by atoms with E-state index in [9.17, 15) is 14.7 Å². The summed E-state index contributed by atoms with van der Waals surface area (Å²) in [6.45, 7) is 3.95. The summed E-state index contributed by atoms with van der Waals surface area (Å²) in [7, 11) is 1.69. The smallest absolute Gasteiger partial charge is 0.307 e. The summed E-state index contributed by atoms with van der Waals surface area (Å²) in [4.78, 5) is 28.7. The third-order valence-electron chi connectivity index (χ3n) is 7.04. The topological polar surface area (TPSA) is 102 Å². The maximum atomic E-state index is 12.6. The summed E-state index contributed by atoms with van der Waals surface area (Å²) in [6, 6.07) is 8.09. The summed E-state index contributed by atoms with van der Waals surface area (Å²) < 4.78 is 11.9. The SMILES string of the molecule is COC(c1nc(-c2cccc(C)c2)oc1C)C1CCCC(NC(=O)C2CCC2C(=O)O)C1. The summed E-state index contributed by atoms with van der Waals surface area (Å²) in [5, 5.41) is 12.4. The van der Waals surface area contributed by atoms with Crippen LogP contribution in [0.1, 0.15) is 61.6 Å². The normalized spacial score (nSPS) is 26.2. The average molecular weight is 441 g/mol. The van der Waals surface area contributed by atoms with Crippen LogP contribution >= 0.6 is 0 Å². The number of rotatable bonds is 7. The molecule has 32 heavy (non-hydrogen) atoms. The van der Waals surface area contributed by atoms with Crippen LogP contribution in [0.2, 0.25) is 0 Å². The molecule has 2 aliphatic rings. The van der Waals surface area contributed by atoms with E-state index in [1.54, 1.807) is 7.11 Å². The van der Waals surface area contributed by atoms with Crippen molar-refractivity contribution in [1.29, 1.82) is 0 Å². The second-order valence-electron chi connectivity index (χ2n) is 9.25. The maximum Gasteiger partial charge on any atom is 0.307 e. The fourth-order valence-electron chi connectivity index (χ4n) is 5.15. The van der Waals surface area contributed by atoms with E-state index in [0.717, 1.165) is 48.3 Å². The minimum absolute atomic E-state index is 0.0254. The van der Waals surface area contributed by atoms with Gasteiger partial charge in [-0.3, -0.25) is 9.59 Å². The number of aromatic nitrogens is 1. The highest BCUT2D eigenvalue weighted by molar-refractivity contribution is 5.86. The van der Waals surface area contributed by atoms with Crippen LogP contribution in [0.3, 0.4) is 0 Å². The number of aliphatic carboxylic acids is 1. The van der Waals surface area contributed by atoms with Crippen LogP contribution in [0.25, 0.3) is 11.5 Å². The Hall–Kier alpha value is -2.67. The van der Waals surface area contributed by atoms with Crippen molar-refractivity contribution in [3.63, 3.8) is 0 Å². The molecule has 2 aliphatic carbocycles. The number of nitrogens with one attached hydrogen (secondary N) is 1. The van der Waals surface area contributed by atoms with E-state index >= 15 is 0 Å². The molecule has 2 fully saturated rings. The maximum absolute atomic E-state index is 12.6. The fourth-order valence-corrected chi connectivity index (χ4v) is 5.15. The van der Waals surface area contributed by atoms with E-state index in [-0.39, 0.29) is 24.0 Å². The zero-order chi connectivity index (χ0) is 22.8. The summed E-state index contributed by atoms with van der Waals surface area (Å²) in [6.07, 6.45) is 4.66. The molecular formula is C25H32N2O5. The first-order valence-corrected chi connectivity index (χ1v) is 11.5. The second kappa shape index (κ2) is 9.45. The van der Waals surface area contributed by atoms with Crippen LogP contribution < -0.4 is 5.32 Å².